The molecule has 2 aliphatic rings. The zero-order valence-electron chi connectivity index (χ0n) is 9.89. The summed E-state index contributed by atoms with van der Waals surface area (Å²) < 4.78 is 5.69. The molecule has 0 N–H and O–H groups in total. The summed E-state index contributed by atoms with van der Waals surface area (Å²) in [5, 5.41) is 0. The van der Waals surface area contributed by atoms with E-state index in [0.717, 1.165) is 19.8 Å². The fraction of sp³-hybridized carbons (Fsp3) is 0.571. The van der Waals surface area contributed by atoms with Gasteiger partial charge in [0.15, 0.2) is 0 Å². The molecule has 2 aliphatic heterocycles. The van der Waals surface area contributed by atoms with Crippen LogP contribution in [0.2, 0.25) is 0 Å². The van der Waals surface area contributed by atoms with E-state index in [2.05, 4.69) is 51.2 Å². The summed E-state index contributed by atoms with van der Waals surface area (Å²) in [6, 6.07) is 11.9. The van der Waals surface area contributed by atoms with Gasteiger partial charge in [0.05, 0.1) is 13.2 Å². The van der Waals surface area contributed by atoms with Crippen molar-refractivity contribution in [2.75, 3.05) is 13.2 Å². The Labute approximate surface area is 111 Å². The van der Waals surface area contributed by atoms with Gasteiger partial charge in [0.1, 0.15) is 0 Å². The Kier molecular flexibility index (Phi) is 3.50. The van der Waals surface area contributed by atoms with Crippen molar-refractivity contribution in [3.05, 3.63) is 35.9 Å². The van der Waals surface area contributed by atoms with E-state index >= 15 is 0 Å². The lowest BCUT2D eigenvalue weighted by Crippen LogP contribution is -2.56. The Morgan fingerprint density at radius 1 is 1.12 bits per heavy atom. The van der Waals surface area contributed by atoms with E-state index in [0.29, 0.717) is 16.9 Å². The van der Waals surface area contributed by atoms with Crippen LogP contribution in [0.3, 0.4) is 0 Å². The highest BCUT2D eigenvalue weighted by molar-refractivity contribution is 9.09. The van der Waals surface area contributed by atoms with Crippen molar-refractivity contribution in [1.82, 2.24) is 4.90 Å². The molecular formula is C14H18BrNO. The molecule has 0 amide bonds. The zero-order valence-corrected chi connectivity index (χ0v) is 11.5. The molecule has 2 nitrogen and oxygen atoms in total. The molecule has 3 heteroatoms. The van der Waals surface area contributed by atoms with Crippen molar-refractivity contribution >= 4 is 15.9 Å². The number of fused-ring (bicyclic) bond motifs is 2. The normalized spacial score (nSPS) is 33.6. The number of rotatable bonds is 2. The highest BCUT2D eigenvalue weighted by atomic mass is 79.9. The molecule has 2 atom stereocenters. The minimum absolute atomic E-state index is 0.590. The summed E-state index contributed by atoms with van der Waals surface area (Å²) in [5.74, 6) is 0. The lowest BCUT2D eigenvalue weighted by molar-refractivity contribution is -0.0752. The molecule has 0 saturated carbocycles. The summed E-state index contributed by atoms with van der Waals surface area (Å²) >= 11 is 3.77. The number of halogens is 1. The van der Waals surface area contributed by atoms with E-state index in [4.69, 9.17) is 4.74 Å². The van der Waals surface area contributed by atoms with Crippen LogP contribution in [0.5, 0.6) is 0 Å². The lowest BCUT2D eigenvalue weighted by Gasteiger charge is -2.47. The topological polar surface area (TPSA) is 12.5 Å². The quantitative estimate of drug-likeness (QED) is 0.778. The van der Waals surface area contributed by atoms with E-state index in [1.807, 2.05) is 0 Å². The monoisotopic (exact) mass is 295 g/mol. The Morgan fingerprint density at radius 2 is 1.76 bits per heavy atom. The molecule has 0 aromatic heterocycles. The first-order valence-electron chi connectivity index (χ1n) is 6.34. The van der Waals surface area contributed by atoms with Crippen LogP contribution in [0.25, 0.3) is 0 Å². The molecule has 2 bridgehead atoms. The predicted molar refractivity (Wildman–Crippen MR) is 72.3 cm³/mol. The van der Waals surface area contributed by atoms with Crippen molar-refractivity contribution in [1.29, 1.82) is 0 Å². The molecule has 3 rings (SSSR count). The average Bonchev–Trinajstić information content (AvgIpc) is 2.32. The Bertz CT molecular complexity index is 356. The molecule has 0 aliphatic carbocycles. The maximum absolute atomic E-state index is 5.69. The molecule has 0 radical (unpaired) electrons. The summed E-state index contributed by atoms with van der Waals surface area (Å²) in [4.78, 5) is 3.31. The zero-order chi connectivity index (χ0) is 11.7. The summed E-state index contributed by atoms with van der Waals surface area (Å²) in [6.07, 6.45) is 2.42. The van der Waals surface area contributed by atoms with Crippen molar-refractivity contribution in [2.24, 2.45) is 0 Å². The molecule has 17 heavy (non-hydrogen) atoms. The largest absolute Gasteiger partial charge is 0.378 e. The number of ether oxygens (including phenoxy) is 1. The number of nitrogens with zero attached hydrogens (tertiary/aromatic N) is 1. The molecule has 2 heterocycles. The third-order valence-corrected chi connectivity index (χ3v) is 4.57. The highest BCUT2D eigenvalue weighted by Gasteiger charge is 2.37. The van der Waals surface area contributed by atoms with Crippen molar-refractivity contribution in [2.45, 2.75) is 36.3 Å². The minimum Gasteiger partial charge on any atom is -0.378 e. The SMILES string of the molecule is BrC1CC2COCC(C1)N2Cc1ccccc1. The number of alkyl halides is 1. The molecule has 2 saturated heterocycles. The van der Waals surface area contributed by atoms with Gasteiger partial charge in [-0.25, -0.2) is 0 Å². The van der Waals surface area contributed by atoms with Gasteiger partial charge in [-0.05, 0) is 18.4 Å². The molecule has 2 unspecified atom stereocenters. The van der Waals surface area contributed by atoms with Crippen LogP contribution in [-0.4, -0.2) is 35.0 Å². The van der Waals surface area contributed by atoms with Gasteiger partial charge in [0.25, 0.3) is 0 Å². The van der Waals surface area contributed by atoms with Gasteiger partial charge in [0.2, 0.25) is 0 Å². The smallest absolute Gasteiger partial charge is 0.0623 e. The van der Waals surface area contributed by atoms with Crippen LogP contribution in [0, 0.1) is 0 Å². The van der Waals surface area contributed by atoms with Crippen molar-refractivity contribution in [3.63, 3.8) is 0 Å². The predicted octanol–water partition coefficient (Wildman–Crippen LogP) is 2.81. The fourth-order valence-electron chi connectivity index (χ4n) is 2.98. The average molecular weight is 296 g/mol. The van der Waals surface area contributed by atoms with E-state index in [1.54, 1.807) is 0 Å². The Balaban J connectivity index is 1.74. The van der Waals surface area contributed by atoms with Crippen LogP contribution >= 0.6 is 15.9 Å². The summed E-state index contributed by atoms with van der Waals surface area (Å²) in [7, 11) is 0. The van der Waals surface area contributed by atoms with E-state index < -0.39 is 0 Å². The lowest BCUT2D eigenvalue weighted by atomic mass is 9.93. The minimum atomic E-state index is 0.590. The molecule has 1 aromatic rings. The van der Waals surface area contributed by atoms with Crippen LogP contribution < -0.4 is 0 Å². The van der Waals surface area contributed by atoms with Crippen molar-refractivity contribution < 1.29 is 4.74 Å². The Morgan fingerprint density at radius 3 is 2.41 bits per heavy atom. The Hall–Kier alpha value is -0.380. The van der Waals surface area contributed by atoms with Crippen LogP contribution in [-0.2, 0) is 11.3 Å². The fourth-order valence-corrected chi connectivity index (χ4v) is 3.84. The number of benzene rings is 1. The van der Waals surface area contributed by atoms with Gasteiger partial charge in [0, 0.05) is 23.5 Å². The number of piperidine rings is 1. The van der Waals surface area contributed by atoms with Crippen molar-refractivity contribution in [3.8, 4) is 0 Å². The second-order valence-electron chi connectivity index (χ2n) is 5.07. The van der Waals surface area contributed by atoms with Gasteiger partial charge in [-0.3, -0.25) is 4.90 Å². The first-order valence-corrected chi connectivity index (χ1v) is 7.26. The number of hydrogen-bond acceptors (Lipinski definition) is 2. The highest BCUT2D eigenvalue weighted by Crippen LogP contribution is 2.32. The van der Waals surface area contributed by atoms with Crippen LogP contribution in [0.4, 0.5) is 0 Å². The van der Waals surface area contributed by atoms with Gasteiger partial charge < -0.3 is 4.74 Å². The van der Waals surface area contributed by atoms with E-state index in [-0.39, 0.29) is 0 Å². The third kappa shape index (κ3) is 2.56. The maximum Gasteiger partial charge on any atom is 0.0623 e. The first-order chi connectivity index (χ1) is 8.33. The maximum atomic E-state index is 5.69. The molecule has 92 valence electrons. The molecule has 0 spiro atoms. The van der Waals surface area contributed by atoms with Gasteiger partial charge in [-0.15, -0.1) is 0 Å². The van der Waals surface area contributed by atoms with Crippen LogP contribution in [0.1, 0.15) is 18.4 Å². The third-order valence-electron chi connectivity index (χ3n) is 3.82. The van der Waals surface area contributed by atoms with Gasteiger partial charge >= 0.3 is 0 Å². The molecule has 1 aromatic carbocycles. The summed E-state index contributed by atoms with van der Waals surface area (Å²) in [6.45, 7) is 2.86. The molecule has 2 fully saturated rings. The van der Waals surface area contributed by atoms with E-state index in [9.17, 15) is 0 Å². The second-order valence-corrected chi connectivity index (χ2v) is 6.37. The van der Waals surface area contributed by atoms with Gasteiger partial charge in [-0.2, -0.15) is 0 Å². The second kappa shape index (κ2) is 5.09. The van der Waals surface area contributed by atoms with Gasteiger partial charge in [-0.1, -0.05) is 46.3 Å². The van der Waals surface area contributed by atoms with E-state index in [1.165, 1.54) is 18.4 Å². The number of morpholine rings is 1. The summed E-state index contributed by atoms with van der Waals surface area (Å²) in [5.41, 5.74) is 1.41. The number of hydrogen-bond donors (Lipinski definition) is 0. The van der Waals surface area contributed by atoms with Crippen LogP contribution in [0.15, 0.2) is 30.3 Å². The standard InChI is InChI=1S/C14H18BrNO/c15-12-6-13-9-17-10-14(7-12)16(13)8-11-4-2-1-3-5-11/h1-5,12-14H,6-10H2. The first kappa shape index (κ1) is 11.7. The molecular weight excluding hydrogens is 278 g/mol.